The van der Waals surface area contributed by atoms with Gasteiger partial charge < -0.3 is 19.6 Å². The number of aliphatic imine (C=N–C) groups is 2. The van der Waals surface area contributed by atoms with Gasteiger partial charge in [0.15, 0.2) is 5.17 Å². The number of benzene rings is 3. The van der Waals surface area contributed by atoms with Crippen LogP contribution in [0.4, 0.5) is 17.1 Å². The van der Waals surface area contributed by atoms with E-state index < -0.39 is 6.04 Å². The summed E-state index contributed by atoms with van der Waals surface area (Å²) in [6.07, 6.45) is 0.00824. The van der Waals surface area contributed by atoms with E-state index in [0.717, 1.165) is 37.4 Å². The van der Waals surface area contributed by atoms with Crippen LogP contribution in [-0.4, -0.2) is 108 Å². The number of thioether (sulfide) groups is 1. The van der Waals surface area contributed by atoms with Crippen LogP contribution in [0.3, 0.4) is 0 Å². The zero-order valence-electron chi connectivity index (χ0n) is 25.0. The molecule has 3 aromatic carbocycles. The van der Waals surface area contributed by atoms with E-state index in [1.54, 1.807) is 4.90 Å². The van der Waals surface area contributed by atoms with Gasteiger partial charge in [0.1, 0.15) is 11.9 Å². The number of para-hydroxylation sites is 3. The summed E-state index contributed by atoms with van der Waals surface area (Å²) in [6.45, 7) is 5.49. The highest BCUT2D eigenvalue weighted by atomic mass is 32.2. The lowest BCUT2D eigenvalue weighted by Crippen LogP contribution is -2.52. The van der Waals surface area contributed by atoms with E-state index in [0.29, 0.717) is 42.9 Å². The molecular weight excluding hydrogens is 586 g/mol. The molecular formula is C34H35N7O3S. The van der Waals surface area contributed by atoms with Crippen molar-refractivity contribution >= 4 is 57.5 Å². The first-order chi connectivity index (χ1) is 22.0. The van der Waals surface area contributed by atoms with Gasteiger partial charge in [-0.2, -0.15) is 4.99 Å². The predicted molar refractivity (Wildman–Crippen MR) is 178 cm³/mol. The normalized spacial score (nSPS) is 19.6. The molecule has 2 fully saturated rings. The van der Waals surface area contributed by atoms with Crippen molar-refractivity contribution in [1.82, 2.24) is 14.7 Å². The molecule has 45 heavy (non-hydrogen) atoms. The number of carbonyl (C=O) groups excluding carboxylic acids is 3. The minimum atomic E-state index is -0.788. The summed E-state index contributed by atoms with van der Waals surface area (Å²) in [5.41, 5.74) is 3.77. The highest BCUT2D eigenvalue weighted by molar-refractivity contribution is 8.14. The lowest BCUT2D eigenvalue weighted by molar-refractivity contribution is -0.134. The molecule has 0 aliphatic carbocycles. The van der Waals surface area contributed by atoms with E-state index >= 15 is 0 Å². The molecule has 0 radical (unpaired) electrons. The lowest BCUT2D eigenvalue weighted by Gasteiger charge is -2.37. The third-order valence-electron chi connectivity index (χ3n) is 8.81. The third kappa shape index (κ3) is 6.04. The van der Waals surface area contributed by atoms with Gasteiger partial charge in [-0.1, -0.05) is 60.3 Å². The summed E-state index contributed by atoms with van der Waals surface area (Å²) >= 11 is 1.31. The fourth-order valence-corrected chi connectivity index (χ4v) is 7.27. The second kappa shape index (κ2) is 12.8. The Labute approximate surface area is 267 Å². The molecule has 10 nitrogen and oxygen atoms in total. The number of amides is 3. The zero-order chi connectivity index (χ0) is 30.8. The lowest BCUT2D eigenvalue weighted by atomic mass is 10.1. The van der Waals surface area contributed by atoms with Gasteiger partial charge in [-0.15, -0.1) is 0 Å². The van der Waals surface area contributed by atoms with Crippen molar-refractivity contribution in [1.29, 1.82) is 0 Å². The highest BCUT2D eigenvalue weighted by Crippen LogP contribution is 2.35. The molecule has 2 saturated heterocycles. The number of fused-ring (bicyclic) bond motifs is 3. The predicted octanol–water partition coefficient (Wildman–Crippen LogP) is 3.47. The van der Waals surface area contributed by atoms with Crippen LogP contribution in [0.15, 0.2) is 94.9 Å². The fourth-order valence-electron chi connectivity index (χ4n) is 6.32. The molecule has 4 heterocycles. The maximum absolute atomic E-state index is 13.5. The van der Waals surface area contributed by atoms with Gasteiger partial charge in [-0.3, -0.25) is 19.3 Å². The van der Waals surface area contributed by atoms with Crippen LogP contribution in [0.1, 0.15) is 12.0 Å². The Kier molecular flexibility index (Phi) is 8.25. The Morgan fingerprint density at radius 2 is 1.20 bits per heavy atom. The average molecular weight is 622 g/mol. The zero-order valence-corrected chi connectivity index (χ0v) is 25.8. The molecule has 0 saturated carbocycles. The first kappa shape index (κ1) is 29.1. The number of carbonyl (C=O) groups is 3. The van der Waals surface area contributed by atoms with Gasteiger partial charge in [0, 0.05) is 69.3 Å². The van der Waals surface area contributed by atoms with Gasteiger partial charge in [-0.25, -0.2) is 4.99 Å². The van der Waals surface area contributed by atoms with E-state index in [2.05, 4.69) is 39.1 Å². The van der Waals surface area contributed by atoms with Crippen molar-refractivity contribution in [2.75, 3.05) is 67.9 Å². The van der Waals surface area contributed by atoms with Gasteiger partial charge in [0.25, 0.3) is 5.91 Å². The number of hydrogen-bond donors (Lipinski definition) is 0. The number of piperazine rings is 2. The van der Waals surface area contributed by atoms with Gasteiger partial charge >= 0.3 is 0 Å². The summed E-state index contributed by atoms with van der Waals surface area (Å²) < 4.78 is 0. The number of amidine groups is 2. The molecule has 4 aliphatic rings. The minimum Gasteiger partial charge on any atom is -0.368 e. The van der Waals surface area contributed by atoms with Crippen LogP contribution in [0.2, 0.25) is 0 Å². The molecule has 0 spiro atoms. The van der Waals surface area contributed by atoms with E-state index in [1.165, 1.54) is 17.4 Å². The monoisotopic (exact) mass is 621 g/mol. The molecule has 0 N–H and O–H groups in total. The van der Waals surface area contributed by atoms with Crippen molar-refractivity contribution in [3.05, 3.63) is 90.5 Å². The molecule has 3 amide bonds. The molecule has 0 aromatic heterocycles. The van der Waals surface area contributed by atoms with Crippen molar-refractivity contribution in [3.63, 3.8) is 0 Å². The Bertz CT molecular complexity index is 1630. The van der Waals surface area contributed by atoms with Crippen LogP contribution in [0.5, 0.6) is 0 Å². The molecule has 0 bridgehead atoms. The first-order valence-corrected chi connectivity index (χ1v) is 16.4. The second-order valence-electron chi connectivity index (χ2n) is 11.5. The summed E-state index contributed by atoms with van der Waals surface area (Å²) in [4.78, 5) is 59.6. The van der Waals surface area contributed by atoms with E-state index in [1.807, 2.05) is 70.5 Å². The van der Waals surface area contributed by atoms with E-state index in [9.17, 15) is 14.4 Å². The number of nitrogens with zero attached hydrogens (tertiary/aromatic N) is 7. The SMILES string of the molecule is O=C1N=C2c3ccccc3N=C(SCC(=O)N3CCN(c4ccccc4)CC3)N2C1CC(=O)N1CCN(c2ccccc2)CC1. The van der Waals surface area contributed by atoms with E-state index in [4.69, 9.17) is 4.99 Å². The van der Waals surface area contributed by atoms with Crippen molar-refractivity contribution in [2.24, 2.45) is 9.98 Å². The van der Waals surface area contributed by atoms with Gasteiger partial charge in [-0.05, 0) is 36.4 Å². The number of rotatable bonds is 6. The quantitative estimate of drug-likeness (QED) is 0.417. The molecule has 1 atom stereocenters. The second-order valence-corrected chi connectivity index (χ2v) is 12.4. The van der Waals surface area contributed by atoms with Crippen molar-refractivity contribution in [3.8, 4) is 0 Å². The molecule has 7 rings (SSSR count). The Morgan fingerprint density at radius 1 is 0.667 bits per heavy atom. The van der Waals surface area contributed by atoms with Crippen LogP contribution in [-0.2, 0) is 14.4 Å². The topological polar surface area (TPSA) is 92.1 Å². The van der Waals surface area contributed by atoms with Crippen LogP contribution >= 0.6 is 11.8 Å². The Morgan fingerprint density at radius 3 is 1.80 bits per heavy atom. The maximum atomic E-state index is 13.5. The maximum Gasteiger partial charge on any atom is 0.271 e. The number of anilines is 2. The summed E-state index contributed by atoms with van der Waals surface area (Å²) in [5.74, 6) is 0.292. The molecule has 230 valence electrons. The molecule has 4 aliphatic heterocycles. The minimum absolute atomic E-state index is 0.00824. The third-order valence-corrected chi connectivity index (χ3v) is 9.75. The number of hydrogen-bond acceptors (Lipinski definition) is 8. The largest absolute Gasteiger partial charge is 0.368 e. The Hall–Kier alpha value is -4.64. The average Bonchev–Trinajstić information content (AvgIpc) is 3.43. The highest BCUT2D eigenvalue weighted by Gasteiger charge is 2.43. The summed E-state index contributed by atoms with van der Waals surface area (Å²) in [7, 11) is 0. The summed E-state index contributed by atoms with van der Waals surface area (Å²) in [6, 6.07) is 27.2. The van der Waals surface area contributed by atoms with E-state index in [-0.39, 0.29) is 29.9 Å². The Balaban J connectivity index is 1.01. The van der Waals surface area contributed by atoms with Crippen molar-refractivity contribution in [2.45, 2.75) is 12.5 Å². The van der Waals surface area contributed by atoms with Crippen LogP contribution in [0.25, 0.3) is 0 Å². The van der Waals surface area contributed by atoms with Crippen LogP contribution in [0, 0.1) is 0 Å². The molecule has 3 aromatic rings. The molecule has 1 unspecified atom stereocenters. The van der Waals surface area contributed by atoms with Crippen LogP contribution < -0.4 is 9.80 Å². The summed E-state index contributed by atoms with van der Waals surface area (Å²) in [5, 5.41) is 0.529. The van der Waals surface area contributed by atoms with Crippen molar-refractivity contribution < 1.29 is 14.4 Å². The smallest absolute Gasteiger partial charge is 0.271 e. The fraction of sp³-hybridized carbons (Fsp3) is 0.324. The van der Waals surface area contributed by atoms with Gasteiger partial charge in [0.05, 0.1) is 17.9 Å². The molecule has 11 heteroatoms. The van der Waals surface area contributed by atoms with Gasteiger partial charge in [0.2, 0.25) is 11.8 Å². The standard InChI is InChI=1S/C34H35N7O3S/c42-30(39-19-15-37(16-20-39)25-9-3-1-4-10-25)23-29-33(44)36-32-27-13-7-8-14-28(27)35-34(41(29)32)45-24-31(43)40-21-17-38(18-22-40)26-11-5-2-6-12-26/h1-14,29H,15-24H2. The first-order valence-electron chi connectivity index (χ1n) is 15.4.